The Hall–Kier alpha value is -2.96. The van der Waals surface area contributed by atoms with Gasteiger partial charge >= 0.3 is 0 Å². The number of hydrogen-bond acceptors (Lipinski definition) is 3. The topological polar surface area (TPSA) is 66.5 Å². The molecule has 1 saturated heterocycles. The van der Waals surface area contributed by atoms with Crippen LogP contribution in [0, 0.1) is 0 Å². The lowest BCUT2D eigenvalue weighted by molar-refractivity contribution is 0.102. The van der Waals surface area contributed by atoms with E-state index in [2.05, 4.69) is 12.2 Å². The predicted octanol–water partition coefficient (Wildman–Crippen LogP) is 5.34. The molecular weight excluding hydrogens is 420 g/mol. The van der Waals surface area contributed by atoms with Gasteiger partial charge in [-0.1, -0.05) is 49.7 Å². The Labute approximate surface area is 190 Å². The van der Waals surface area contributed by atoms with E-state index in [1.54, 1.807) is 34.6 Å². The van der Waals surface area contributed by atoms with E-state index in [1.165, 1.54) is 5.56 Å². The average Bonchev–Trinajstić information content (AvgIpc) is 2.85. The molecule has 1 N–H and O–H groups in total. The van der Waals surface area contributed by atoms with Crippen molar-refractivity contribution in [2.24, 2.45) is 0 Å². The molecule has 32 heavy (non-hydrogen) atoms. The number of rotatable bonds is 6. The molecule has 0 atom stereocenters. The van der Waals surface area contributed by atoms with Crippen molar-refractivity contribution in [3.8, 4) is 11.1 Å². The predicted molar refractivity (Wildman–Crippen MR) is 128 cm³/mol. The Morgan fingerprint density at radius 2 is 1.56 bits per heavy atom. The minimum absolute atomic E-state index is 0.180. The summed E-state index contributed by atoms with van der Waals surface area (Å²) < 4.78 is 27.3. The molecule has 1 heterocycles. The standard InChI is InChI=1S/C26H28N2O3S/c1-2-20-9-13-24(14-10-20)27-26(29)23-8-6-7-22(19-23)21-11-15-25(16-12-21)32(30,31)28-17-4-3-5-18-28/h6-16,19H,2-5,17-18H2,1H3,(H,27,29). The number of sulfonamides is 1. The van der Waals surface area contributed by atoms with E-state index in [4.69, 9.17) is 0 Å². The fourth-order valence-electron chi connectivity index (χ4n) is 3.94. The normalized spacial score (nSPS) is 14.8. The summed E-state index contributed by atoms with van der Waals surface area (Å²) in [6.45, 7) is 3.26. The summed E-state index contributed by atoms with van der Waals surface area (Å²) >= 11 is 0. The van der Waals surface area contributed by atoms with Gasteiger partial charge in [-0.2, -0.15) is 4.31 Å². The van der Waals surface area contributed by atoms with Crippen LogP contribution in [0.15, 0.2) is 77.7 Å². The highest BCUT2D eigenvalue weighted by molar-refractivity contribution is 7.89. The molecule has 0 unspecified atom stereocenters. The van der Waals surface area contributed by atoms with E-state index in [0.717, 1.165) is 42.5 Å². The molecule has 0 radical (unpaired) electrons. The van der Waals surface area contributed by atoms with E-state index in [1.807, 2.05) is 42.5 Å². The highest BCUT2D eigenvalue weighted by Crippen LogP contribution is 2.25. The average molecular weight is 449 g/mol. The first-order chi connectivity index (χ1) is 15.5. The van der Waals surface area contributed by atoms with Crippen LogP contribution in [0.1, 0.15) is 42.1 Å². The zero-order chi connectivity index (χ0) is 22.6. The zero-order valence-electron chi connectivity index (χ0n) is 18.3. The van der Waals surface area contributed by atoms with Crippen LogP contribution in [0.4, 0.5) is 5.69 Å². The number of anilines is 1. The Balaban J connectivity index is 1.50. The number of carbonyl (C=O) groups excluding carboxylic acids is 1. The lowest BCUT2D eigenvalue weighted by Gasteiger charge is -2.25. The maximum Gasteiger partial charge on any atom is 0.255 e. The molecule has 3 aromatic rings. The third-order valence-electron chi connectivity index (χ3n) is 5.89. The molecule has 0 saturated carbocycles. The number of hydrogen-bond donors (Lipinski definition) is 1. The fourth-order valence-corrected chi connectivity index (χ4v) is 5.46. The van der Waals surface area contributed by atoms with Crippen molar-refractivity contribution in [2.45, 2.75) is 37.5 Å². The lowest BCUT2D eigenvalue weighted by Crippen LogP contribution is -2.35. The Kier molecular flexibility index (Phi) is 6.72. The number of benzene rings is 3. The van der Waals surface area contributed by atoms with Gasteiger partial charge in [0.1, 0.15) is 0 Å². The van der Waals surface area contributed by atoms with Crippen LogP contribution in [-0.2, 0) is 16.4 Å². The van der Waals surface area contributed by atoms with Crippen LogP contribution >= 0.6 is 0 Å². The Morgan fingerprint density at radius 3 is 2.22 bits per heavy atom. The van der Waals surface area contributed by atoms with Crippen molar-refractivity contribution >= 4 is 21.6 Å². The largest absolute Gasteiger partial charge is 0.322 e. The number of nitrogens with zero attached hydrogens (tertiary/aromatic N) is 1. The lowest BCUT2D eigenvalue weighted by atomic mass is 10.0. The van der Waals surface area contributed by atoms with E-state index < -0.39 is 10.0 Å². The van der Waals surface area contributed by atoms with Crippen LogP contribution in [0.3, 0.4) is 0 Å². The molecule has 3 aromatic carbocycles. The van der Waals surface area contributed by atoms with Crippen LogP contribution in [0.5, 0.6) is 0 Å². The Morgan fingerprint density at radius 1 is 0.875 bits per heavy atom. The van der Waals surface area contributed by atoms with Gasteiger partial charge in [-0.05, 0) is 72.4 Å². The second-order valence-corrected chi connectivity index (χ2v) is 10.0. The molecule has 6 heteroatoms. The van der Waals surface area contributed by atoms with Gasteiger partial charge in [-0.25, -0.2) is 8.42 Å². The SMILES string of the molecule is CCc1ccc(NC(=O)c2cccc(-c3ccc(S(=O)(=O)N4CCCCC4)cc3)c2)cc1. The van der Waals surface area contributed by atoms with Crippen LogP contribution < -0.4 is 5.32 Å². The van der Waals surface area contributed by atoms with Gasteiger partial charge in [0.25, 0.3) is 5.91 Å². The first kappa shape index (κ1) is 22.2. The molecule has 1 amide bonds. The monoisotopic (exact) mass is 448 g/mol. The smallest absolute Gasteiger partial charge is 0.255 e. The Bertz CT molecular complexity index is 1180. The highest BCUT2D eigenvalue weighted by atomic mass is 32.2. The van der Waals surface area contributed by atoms with Crippen molar-refractivity contribution in [3.05, 3.63) is 83.9 Å². The number of amides is 1. The molecule has 0 bridgehead atoms. The third kappa shape index (κ3) is 4.92. The van der Waals surface area contributed by atoms with Gasteiger partial charge in [0.2, 0.25) is 10.0 Å². The summed E-state index contributed by atoms with van der Waals surface area (Å²) in [5.41, 5.74) is 4.25. The fraction of sp³-hybridized carbons (Fsp3) is 0.269. The molecule has 0 spiro atoms. The van der Waals surface area contributed by atoms with E-state index in [-0.39, 0.29) is 5.91 Å². The van der Waals surface area contributed by atoms with Gasteiger partial charge in [0.05, 0.1) is 4.90 Å². The number of aryl methyl sites for hydroxylation is 1. The maximum atomic E-state index is 12.9. The second kappa shape index (κ2) is 9.67. The molecule has 5 nitrogen and oxygen atoms in total. The van der Waals surface area contributed by atoms with Gasteiger partial charge in [-0.15, -0.1) is 0 Å². The summed E-state index contributed by atoms with van der Waals surface area (Å²) in [5, 5.41) is 2.93. The molecular formula is C26H28N2O3S. The third-order valence-corrected chi connectivity index (χ3v) is 7.80. The molecule has 166 valence electrons. The first-order valence-corrected chi connectivity index (χ1v) is 12.5. The summed E-state index contributed by atoms with van der Waals surface area (Å²) in [6.07, 6.45) is 3.86. The van der Waals surface area contributed by atoms with Crippen molar-refractivity contribution in [3.63, 3.8) is 0 Å². The molecule has 1 aliphatic heterocycles. The van der Waals surface area contributed by atoms with Crippen molar-refractivity contribution in [2.75, 3.05) is 18.4 Å². The summed E-state index contributed by atoms with van der Waals surface area (Å²) in [7, 11) is -3.45. The highest BCUT2D eigenvalue weighted by Gasteiger charge is 2.25. The van der Waals surface area contributed by atoms with E-state index in [0.29, 0.717) is 23.5 Å². The molecule has 1 fully saturated rings. The van der Waals surface area contributed by atoms with Crippen LogP contribution in [-0.4, -0.2) is 31.7 Å². The van der Waals surface area contributed by atoms with Crippen LogP contribution in [0.2, 0.25) is 0 Å². The van der Waals surface area contributed by atoms with Gasteiger partial charge < -0.3 is 5.32 Å². The summed E-state index contributed by atoms with van der Waals surface area (Å²) in [6, 6.07) is 22.1. The summed E-state index contributed by atoms with van der Waals surface area (Å²) in [4.78, 5) is 13.0. The van der Waals surface area contributed by atoms with E-state index in [9.17, 15) is 13.2 Å². The van der Waals surface area contributed by atoms with Crippen molar-refractivity contribution < 1.29 is 13.2 Å². The number of piperidine rings is 1. The zero-order valence-corrected chi connectivity index (χ0v) is 19.1. The second-order valence-electron chi connectivity index (χ2n) is 8.07. The first-order valence-electron chi connectivity index (χ1n) is 11.1. The summed E-state index contributed by atoms with van der Waals surface area (Å²) in [5.74, 6) is -0.180. The van der Waals surface area contributed by atoms with Gasteiger partial charge in [-0.3, -0.25) is 4.79 Å². The number of nitrogens with one attached hydrogen (secondary N) is 1. The van der Waals surface area contributed by atoms with Gasteiger partial charge in [0.15, 0.2) is 0 Å². The van der Waals surface area contributed by atoms with Crippen molar-refractivity contribution in [1.29, 1.82) is 0 Å². The molecule has 0 aliphatic carbocycles. The minimum Gasteiger partial charge on any atom is -0.322 e. The quantitative estimate of drug-likeness (QED) is 0.553. The number of carbonyl (C=O) groups is 1. The molecule has 1 aliphatic rings. The molecule has 4 rings (SSSR count). The maximum absolute atomic E-state index is 12.9. The van der Waals surface area contributed by atoms with E-state index >= 15 is 0 Å². The van der Waals surface area contributed by atoms with Crippen molar-refractivity contribution in [1.82, 2.24) is 4.31 Å². The minimum atomic E-state index is -3.45. The van der Waals surface area contributed by atoms with Gasteiger partial charge in [0, 0.05) is 24.3 Å². The van der Waals surface area contributed by atoms with Crippen LogP contribution in [0.25, 0.3) is 11.1 Å². The molecule has 0 aromatic heterocycles.